The number of hydrogen-bond acceptors (Lipinski definition) is 3. The maximum atomic E-state index is 10.7. The molecule has 0 radical (unpaired) electrons. The first kappa shape index (κ1) is 7.54. The van der Waals surface area contributed by atoms with E-state index in [2.05, 4.69) is 4.74 Å². The van der Waals surface area contributed by atoms with E-state index in [0.29, 0.717) is 6.42 Å². The number of carbonyl (C=O) groups is 2. The minimum Gasteiger partial charge on any atom is -0.469 e. The Kier molecular flexibility index (Phi) is 1.94. The molecule has 10 heavy (non-hydrogen) atoms. The van der Waals surface area contributed by atoms with Crippen molar-refractivity contribution < 1.29 is 14.3 Å². The molecule has 0 amide bonds. The summed E-state index contributed by atoms with van der Waals surface area (Å²) < 4.78 is 4.40. The summed E-state index contributed by atoms with van der Waals surface area (Å²) >= 11 is 5.12. The van der Waals surface area contributed by atoms with Gasteiger partial charge in [0, 0.05) is 5.92 Å². The standard InChI is InChI=1S/C6H7ClO3/c1-10-6(9)4-2-3(4)5(7)8/h3-4H,2H2,1H3/t3-,4-/m1/s1. The van der Waals surface area contributed by atoms with Crippen LogP contribution in [0.15, 0.2) is 0 Å². The molecule has 1 saturated carbocycles. The van der Waals surface area contributed by atoms with Gasteiger partial charge >= 0.3 is 5.97 Å². The fourth-order valence-corrected chi connectivity index (χ4v) is 1.10. The van der Waals surface area contributed by atoms with E-state index in [1.54, 1.807) is 0 Å². The highest BCUT2D eigenvalue weighted by Crippen LogP contribution is 2.40. The third-order valence-electron chi connectivity index (χ3n) is 1.59. The van der Waals surface area contributed by atoms with Crippen molar-refractivity contribution in [3.05, 3.63) is 0 Å². The van der Waals surface area contributed by atoms with Crippen molar-refractivity contribution in [3.63, 3.8) is 0 Å². The summed E-state index contributed by atoms with van der Waals surface area (Å²) in [5.74, 6) is -0.886. The van der Waals surface area contributed by atoms with Gasteiger partial charge in [-0.2, -0.15) is 0 Å². The van der Waals surface area contributed by atoms with Crippen molar-refractivity contribution in [1.29, 1.82) is 0 Å². The predicted octanol–water partition coefficient (Wildman–Crippen LogP) is 0.561. The van der Waals surface area contributed by atoms with Crippen LogP contribution in [0.1, 0.15) is 6.42 Å². The molecular weight excluding hydrogens is 156 g/mol. The lowest BCUT2D eigenvalue weighted by Gasteiger charge is -1.92. The molecule has 56 valence electrons. The number of carbonyl (C=O) groups excluding carboxylic acids is 2. The Morgan fingerprint density at radius 3 is 2.40 bits per heavy atom. The van der Waals surface area contributed by atoms with Crippen LogP contribution in [0, 0.1) is 11.8 Å². The summed E-state index contributed by atoms with van der Waals surface area (Å²) in [6, 6.07) is 0. The maximum Gasteiger partial charge on any atom is 0.309 e. The molecule has 0 spiro atoms. The zero-order valence-electron chi connectivity index (χ0n) is 5.46. The number of esters is 1. The minimum absolute atomic E-state index is 0.269. The Morgan fingerprint density at radius 2 is 2.10 bits per heavy atom. The molecule has 1 aliphatic rings. The van der Waals surface area contributed by atoms with E-state index in [9.17, 15) is 9.59 Å². The molecule has 0 unspecified atom stereocenters. The summed E-state index contributed by atoms with van der Waals surface area (Å²) in [7, 11) is 1.30. The molecule has 1 rings (SSSR count). The third-order valence-corrected chi connectivity index (χ3v) is 1.87. The van der Waals surface area contributed by atoms with Gasteiger partial charge in [0.05, 0.1) is 13.0 Å². The molecule has 0 aromatic carbocycles. The number of ether oxygens (including phenoxy) is 1. The average Bonchev–Trinajstić information content (AvgIpc) is 2.64. The van der Waals surface area contributed by atoms with Crippen molar-refractivity contribution >= 4 is 22.8 Å². The second-order valence-corrected chi connectivity index (χ2v) is 2.65. The van der Waals surface area contributed by atoms with Crippen LogP contribution in [0.25, 0.3) is 0 Å². The Balaban J connectivity index is 2.38. The molecule has 1 aliphatic carbocycles. The van der Waals surface area contributed by atoms with E-state index in [1.807, 2.05) is 0 Å². The summed E-state index contributed by atoms with van der Waals surface area (Å²) in [5, 5.41) is -0.435. The zero-order valence-corrected chi connectivity index (χ0v) is 6.22. The summed E-state index contributed by atoms with van der Waals surface area (Å²) in [5.41, 5.74) is 0. The first-order valence-electron chi connectivity index (χ1n) is 2.94. The van der Waals surface area contributed by atoms with E-state index in [0.717, 1.165) is 0 Å². The number of rotatable bonds is 2. The highest BCUT2D eigenvalue weighted by atomic mass is 35.5. The van der Waals surface area contributed by atoms with Crippen molar-refractivity contribution in [2.75, 3.05) is 7.11 Å². The van der Waals surface area contributed by atoms with Gasteiger partial charge in [-0.3, -0.25) is 9.59 Å². The fraction of sp³-hybridized carbons (Fsp3) is 0.667. The van der Waals surface area contributed by atoms with Gasteiger partial charge in [0.2, 0.25) is 5.24 Å². The predicted molar refractivity (Wildman–Crippen MR) is 34.5 cm³/mol. The van der Waals surface area contributed by atoms with Crippen LogP contribution in [-0.2, 0) is 14.3 Å². The third kappa shape index (κ3) is 1.29. The van der Waals surface area contributed by atoms with Gasteiger partial charge in [0.25, 0.3) is 0 Å². The highest BCUT2D eigenvalue weighted by Gasteiger charge is 2.48. The minimum atomic E-state index is -0.435. The summed E-state index contributed by atoms with van der Waals surface area (Å²) in [6.07, 6.45) is 0.551. The van der Waals surface area contributed by atoms with Crippen molar-refractivity contribution in [3.8, 4) is 0 Å². The van der Waals surface area contributed by atoms with E-state index >= 15 is 0 Å². The Bertz CT molecular complexity index is 178. The Labute approximate surface area is 63.3 Å². The number of methoxy groups -OCH3 is 1. The van der Waals surface area contributed by atoms with Crippen LogP contribution in [0.3, 0.4) is 0 Å². The second-order valence-electron chi connectivity index (χ2n) is 2.28. The van der Waals surface area contributed by atoms with Crippen LogP contribution in [-0.4, -0.2) is 18.3 Å². The molecule has 3 nitrogen and oxygen atoms in total. The van der Waals surface area contributed by atoms with Gasteiger partial charge in [0.1, 0.15) is 0 Å². The van der Waals surface area contributed by atoms with E-state index in [-0.39, 0.29) is 17.8 Å². The van der Waals surface area contributed by atoms with E-state index in [1.165, 1.54) is 7.11 Å². The van der Waals surface area contributed by atoms with Crippen LogP contribution in [0.2, 0.25) is 0 Å². The molecule has 0 aromatic rings. The average molecular weight is 163 g/mol. The first-order chi connectivity index (χ1) is 4.66. The zero-order chi connectivity index (χ0) is 7.72. The lowest BCUT2D eigenvalue weighted by molar-refractivity contribution is -0.143. The van der Waals surface area contributed by atoms with Gasteiger partial charge in [-0.05, 0) is 18.0 Å². The van der Waals surface area contributed by atoms with E-state index < -0.39 is 5.24 Å². The molecule has 0 N–H and O–H groups in total. The van der Waals surface area contributed by atoms with Gasteiger partial charge in [-0.25, -0.2) is 0 Å². The largest absolute Gasteiger partial charge is 0.469 e. The molecule has 0 bridgehead atoms. The molecule has 1 fully saturated rings. The first-order valence-corrected chi connectivity index (χ1v) is 3.31. The molecule has 0 heterocycles. The fourth-order valence-electron chi connectivity index (χ4n) is 0.858. The summed E-state index contributed by atoms with van der Waals surface area (Å²) in [4.78, 5) is 21.1. The molecular formula is C6H7ClO3. The maximum absolute atomic E-state index is 10.7. The normalized spacial score (nSPS) is 29.4. The van der Waals surface area contributed by atoms with Gasteiger partial charge in [-0.15, -0.1) is 0 Å². The van der Waals surface area contributed by atoms with Crippen molar-refractivity contribution in [1.82, 2.24) is 0 Å². The second kappa shape index (κ2) is 2.58. The molecule has 0 saturated heterocycles. The smallest absolute Gasteiger partial charge is 0.309 e. The van der Waals surface area contributed by atoms with Gasteiger partial charge in [-0.1, -0.05) is 0 Å². The monoisotopic (exact) mass is 162 g/mol. The van der Waals surface area contributed by atoms with Gasteiger partial charge < -0.3 is 4.74 Å². The lowest BCUT2D eigenvalue weighted by Crippen LogP contribution is -2.06. The molecule has 0 aliphatic heterocycles. The van der Waals surface area contributed by atoms with E-state index in [4.69, 9.17) is 11.6 Å². The van der Waals surface area contributed by atoms with Crippen LogP contribution < -0.4 is 0 Å². The quantitative estimate of drug-likeness (QED) is 0.440. The lowest BCUT2D eigenvalue weighted by atomic mass is 10.3. The number of halogens is 1. The molecule has 4 heteroatoms. The van der Waals surface area contributed by atoms with Crippen molar-refractivity contribution in [2.24, 2.45) is 11.8 Å². The molecule has 2 atom stereocenters. The van der Waals surface area contributed by atoms with Crippen LogP contribution in [0.4, 0.5) is 0 Å². The Morgan fingerprint density at radius 1 is 1.50 bits per heavy atom. The topological polar surface area (TPSA) is 43.4 Å². The Hall–Kier alpha value is -0.570. The van der Waals surface area contributed by atoms with Crippen molar-refractivity contribution in [2.45, 2.75) is 6.42 Å². The highest BCUT2D eigenvalue weighted by molar-refractivity contribution is 6.64. The SMILES string of the molecule is COC(=O)[C@@H]1C[C@H]1C(=O)Cl. The number of hydrogen-bond donors (Lipinski definition) is 0. The summed E-state index contributed by atoms with van der Waals surface area (Å²) in [6.45, 7) is 0. The molecule has 0 aromatic heterocycles. The van der Waals surface area contributed by atoms with Crippen LogP contribution >= 0.6 is 11.6 Å². The van der Waals surface area contributed by atoms with Gasteiger partial charge in [0.15, 0.2) is 0 Å². The van der Waals surface area contributed by atoms with Crippen LogP contribution in [0.5, 0.6) is 0 Å².